The molecule has 0 spiro atoms. The van der Waals surface area contributed by atoms with Crippen molar-refractivity contribution in [3.63, 3.8) is 0 Å². The van der Waals surface area contributed by atoms with Crippen LogP contribution >= 0.6 is 7.82 Å². The lowest BCUT2D eigenvalue weighted by Crippen LogP contribution is -2.29. The molecular formula is C54H97O9P. The van der Waals surface area contributed by atoms with Crippen LogP contribution in [0.4, 0.5) is 0 Å². The van der Waals surface area contributed by atoms with Gasteiger partial charge in [0.15, 0.2) is 0 Å². The molecule has 0 aliphatic heterocycles. The first-order chi connectivity index (χ1) is 31.3. The zero-order valence-electron chi connectivity index (χ0n) is 41.0. The summed E-state index contributed by atoms with van der Waals surface area (Å²) < 4.78 is 33.5. The lowest BCUT2D eigenvalue weighted by Gasteiger charge is -2.20. The molecule has 0 aromatic carbocycles. The number of hydrogen-bond acceptors (Lipinski definition) is 8. The van der Waals surface area contributed by atoms with E-state index in [1.165, 1.54) is 109 Å². The van der Waals surface area contributed by atoms with Crippen molar-refractivity contribution in [2.45, 2.75) is 232 Å². The van der Waals surface area contributed by atoms with Gasteiger partial charge >= 0.3 is 13.8 Å². The van der Waals surface area contributed by atoms with E-state index in [1.54, 1.807) is 0 Å². The van der Waals surface area contributed by atoms with E-state index in [9.17, 15) is 19.4 Å². The molecule has 9 nitrogen and oxygen atoms in total. The molecule has 0 amide bonds. The second-order valence-electron chi connectivity index (χ2n) is 17.2. The molecule has 0 radical (unpaired) electrons. The predicted molar refractivity (Wildman–Crippen MR) is 269 cm³/mol. The largest absolute Gasteiger partial charge is 0.472 e. The van der Waals surface area contributed by atoms with Crippen LogP contribution in [0.1, 0.15) is 219 Å². The summed E-state index contributed by atoms with van der Waals surface area (Å²) in [5.74, 6) is -0.401. The van der Waals surface area contributed by atoms with Gasteiger partial charge in [-0.15, -0.1) is 0 Å². The Labute approximate surface area is 392 Å². The average molecular weight is 921 g/mol. The molecule has 0 bridgehead atoms. The van der Waals surface area contributed by atoms with Crippen LogP contribution in [-0.2, 0) is 27.9 Å². The van der Waals surface area contributed by atoms with E-state index in [4.69, 9.17) is 23.6 Å². The SMILES string of the molecule is CC/C=C\C/C=C\C/C=C\C/C=C\C/C=C\CCCCCCCC(=O)OC(COCCCCCCCCCCCC/C=C\CCCCCCCCCC)COP(=O)(O)OCC(O)CO. The maximum atomic E-state index is 12.7. The van der Waals surface area contributed by atoms with Gasteiger partial charge in [-0.2, -0.15) is 0 Å². The number of phosphoric acid groups is 1. The van der Waals surface area contributed by atoms with Crippen LogP contribution in [-0.4, -0.2) is 66.3 Å². The van der Waals surface area contributed by atoms with Crippen molar-refractivity contribution in [1.29, 1.82) is 0 Å². The topological polar surface area (TPSA) is 132 Å². The second-order valence-corrected chi connectivity index (χ2v) is 18.6. The van der Waals surface area contributed by atoms with Crippen LogP contribution < -0.4 is 0 Å². The van der Waals surface area contributed by atoms with Gasteiger partial charge in [0.1, 0.15) is 12.2 Å². The van der Waals surface area contributed by atoms with E-state index in [1.807, 2.05) is 0 Å². The highest BCUT2D eigenvalue weighted by atomic mass is 31.2. The standard InChI is InChI=1S/C54H97O9P/c1-3-5-7-9-11-13-15-17-19-21-23-25-27-29-31-33-35-37-39-41-43-45-47-60-50-53(51-62-64(58,59)61-49-52(56)48-55)63-54(57)46-44-42-40-38-36-34-32-30-28-26-24-22-20-18-16-14-12-10-8-6-4-2/h6,8,12,14,18,20-21,23-24,26,30,32,52-53,55-56H,3-5,7,9-11,13,15-17,19,22,25,27-29,31,33-51H2,1-2H3,(H,58,59)/b8-6-,14-12-,20-18-,23-21-,26-24-,32-30-. The molecule has 3 N–H and O–H groups in total. The Bertz CT molecular complexity index is 1230. The molecule has 0 aromatic rings. The lowest BCUT2D eigenvalue weighted by atomic mass is 10.1. The number of aliphatic hydroxyl groups is 2. The Morgan fingerprint density at radius 1 is 0.500 bits per heavy atom. The molecule has 0 saturated heterocycles. The lowest BCUT2D eigenvalue weighted by molar-refractivity contribution is -0.154. The van der Waals surface area contributed by atoms with E-state index in [-0.39, 0.29) is 19.6 Å². The van der Waals surface area contributed by atoms with Crippen molar-refractivity contribution in [3.8, 4) is 0 Å². The van der Waals surface area contributed by atoms with Gasteiger partial charge in [-0.1, -0.05) is 202 Å². The number of allylic oxidation sites excluding steroid dienone is 12. The Hall–Kier alpha value is -2.10. The monoisotopic (exact) mass is 921 g/mol. The molecule has 0 aliphatic rings. The molecule has 3 atom stereocenters. The highest BCUT2D eigenvalue weighted by molar-refractivity contribution is 7.47. The van der Waals surface area contributed by atoms with Crippen molar-refractivity contribution < 1.29 is 43.0 Å². The number of aliphatic hydroxyl groups excluding tert-OH is 2. The number of esters is 1. The maximum Gasteiger partial charge on any atom is 0.472 e. The average Bonchev–Trinajstić information content (AvgIpc) is 3.29. The second kappa shape index (κ2) is 50.3. The first-order valence-corrected chi connectivity index (χ1v) is 27.4. The fourth-order valence-electron chi connectivity index (χ4n) is 6.97. The highest BCUT2D eigenvalue weighted by Crippen LogP contribution is 2.43. The fourth-order valence-corrected chi connectivity index (χ4v) is 7.76. The van der Waals surface area contributed by atoms with E-state index >= 15 is 0 Å². The first kappa shape index (κ1) is 61.9. The quantitative estimate of drug-likeness (QED) is 0.0236. The molecule has 0 fully saturated rings. The number of ether oxygens (including phenoxy) is 2. The minimum atomic E-state index is -4.53. The molecule has 372 valence electrons. The Balaban J connectivity index is 4.12. The summed E-state index contributed by atoms with van der Waals surface area (Å²) in [5.41, 5.74) is 0. The predicted octanol–water partition coefficient (Wildman–Crippen LogP) is 15.3. The van der Waals surface area contributed by atoms with Crippen molar-refractivity contribution in [3.05, 3.63) is 72.9 Å². The third-order valence-corrected chi connectivity index (χ3v) is 11.8. The molecule has 3 unspecified atom stereocenters. The number of unbranched alkanes of at least 4 members (excludes halogenated alkanes) is 23. The highest BCUT2D eigenvalue weighted by Gasteiger charge is 2.26. The number of hydrogen-bond donors (Lipinski definition) is 3. The maximum absolute atomic E-state index is 12.7. The molecular weight excluding hydrogens is 824 g/mol. The summed E-state index contributed by atoms with van der Waals surface area (Å²) >= 11 is 0. The van der Waals surface area contributed by atoms with Crippen LogP contribution in [0.15, 0.2) is 72.9 Å². The molecule has 0 saturated carbocycles. The van der Waals surface area contributed by atoms with Gasteiger partial charge in [0, 0.05) is 13.0 Å². The summed E-state index contributed by atoms with van der Waals surface area (Å²) in [6, 6.07) is 0. The minimum absolute atomic E-state index is 0.0376. The third kappa shape index (κ3) is 49.3. The molecule has 0 aromatic heterocycles. The van der Waals surface area contributed by atoms with Gasteiger partial charge in [-0.3, -0.25) is 13.8 Å². The van der Waals surface area contributed by atoms with E-state index < -0.39 is 39.2 Å². The van der Waals surface area contributed by atoms with Crippen LogP contribution in [0.25, 0.3) is 0 Å². The van der Waals surface area contributed by atoms with Gasteiger partial charge in [-0.25, -0.2) is 4.57 Å². The van der Waals surface area contributed by atoms with E-state index in [0.29, 0.717) is 13.0 Å². The van der Waals surface area contributed by atoms with Gasteiger partial charge in [-0.05, 0) is 83.5 Å². The van der Waals surface area contributed by atoms with Crippen LogP contribution in [0, 0.1) is 0 Å². The molecule has 64 heavy (non-hydrogen) atoms. The number of phosphoric ester groups is 1. The Kier molecular flexibility index (Phi) is 48.7. The van der Waals surface area contributed by atoms with Crippen molar-refractivity contribution >= 4 is 13.8 Å². The summed E-state index contributed by atoms with van der Waals surface area (Å²) in [7, 11) is -4.53. The normalized spacial score (nSPS) is 14.4. The van der Waals surface area contributed by atoms with Gasteiger partial charge in [0.2, 0.25) is 0 Å². The fraction of sp³-hybridized carbons (Fsp3) is 0.759. The van der Waals surface area contributed by atoms with Crippen molar-refractivity contribution in [1.82, 2.24) is 0 Å². The number of carbonyl (C=O) groups excluding carboxylic acids is 1. The zero-order chi connectivity index (χ0) is 46.7. The van der Waals surface area contributed by atoms with Crippen molar-refractivity contribution in [2.75, 3.05) is 33.0 Å². The Morgan fingerprint density at radius 2 is 0.891 bits per heavy atom. The van der Waals surface area contributed by atoms with Gasteiger partial charge in [0.25, 0.3) is 0 Å². The molecule has 0 aliphatic carbocycles. The summed E-state index contributed by atoms with van der Waals surface area (Å²) in [6.45, 7) is 3.39. The van der Waals surface area contributed by atoms with Gasteiger partial charge < -0.3 is 24.6 Å². The number of carbonyl (C=O) groups is 1. The molecule has 0 heterocycles. The first-order valence-electron chi connectivity index (χ1n) is 25.9. The van der Waals surface area contributed by atoms with Crippen LogP contribution in [0.3, 0.4) is 0 Å². The zero-order valence-corrected chi connectivity index (χ0v) is 41.9. The minimum Gasteiger partial charge on any atom is -0.457 e. The van der Waals surface area contributed by atoms with Crippen molar-refractivity contribution in [2.24, 2.45) is 0 Å². The summed E-state index contributed by atoms with van der Waals surface area (Å²) in [4.78, 5) is 22.7. The molecule has 10 heteroatoms. The van der Waals surface area contributed by atoms with Crippen LogP contribution in [0.2, 0.25) is 0 Å². The van der Waals surface area contributed by atoms with E-state index in [0.717, 1.165) is 83.5 Å². The third-order valence-electron chi connectivity index (χ3n) is 10.9. The summed E-state index contributed by atoms with van der Waals surface area (Å²) in [5, 5.41) is 18.4. The molecule has 0 rings (SSSR count). The van der Waals surface area contributed by atoms with Gasteiger partial charge in [0.05, 0.1) is 26.4 Å². The van der Waals surface area contributed by atoms with Crippen LogP contribution in [0.5, 0.6) is 0 Å². The smallest absolute Gasteiger partial charge is 0.457 e. The Morgan fingerprint density at radius 3 is 1.36 bits per heavy atom. The van der Waals surface area contributed by atoms with E-state index in [2.05, 4.69) is 86.8 Å². The number of rotatable bonds is 49. The summed E-state index contributed by atoms with van der Waals surface area (Å²) in [6.07, 6.45) is 61.5.